The van der Waals surface area contributed by atoms with Crippen LogP contribution in [0.25, 0.3) is 0 Å². The summed E-state index contributed by atoms with van der Waals surface area (Å²) in [5.41, 5.74) is 0. The first-order valence-corrected chi connectivity index (χ1v) is 9.44. The average Bonchev–Trinajstić information content (AvgIpc) is 2.48. The lowest BCUT2D eigenvalue weighted by atomic mass is 9.86. The number of aliphatic carboxylic acids is 1. The number of halogens is 1. The van der Waals surface area contributed by atoms with Gasteiger partial charge >= 0.3 is 5.97 Å². The van der Waals surface area contributed by atoms with Crippen LogP contribution in [-0.2, 0) is 14.8 Å². The monoisotopic (exact) mass is 376 g/mol. The number of sulfonamides is 1. The van der Waals surface area contributed by atoms with Gasteiger partial charge in [0.25, 0.3) is 0 Å². The molecule has 2 rings (SSSR count). The summed E-state index contributed by atoms with van der Waals surface area (Å²) in [5, 5.41) is 9.01. The van der Waals surface area contributed by atoms with Gasteiger partial charge < -0.3 is 9.84 Å². The summed E-state index contributed by atoms with van der Waals surface area (Å²) >= 11 is 5.99. The molecule has 24 heavy (non-hydrogen) atoms. The second-order valence-corrected chi connectivity index (χ2v) is 7.79. The fourth-order valence-electron chi connectivity index (χ4n) is 2.75. The predicted molar refractivity (Wildman–Crippen MR) is 90.0 cm³/mol. The zero-order valence-corrected chi connectivity index (χ0v) is 15.1. The minimum Gasteiger partial charge on any atom is -0.497 e. The third kappa shape index (κ3) is 4.38. The molecule has 9 heteroatoms. The number of carbonyl (C=O) groups is 1. The summed E-state index contributed by atoms with van der Waals surface area (Å²) in [6.07, 6.45) is 1.14. The number of methoxy groups -OCH3 is 1. The topological polar surface area (TPSA) is 95.9 Å². The molecule has 0 heterocycles. The van der Waals surface area contributed by atoms with E-state index in [9.17, 15) is 13.2 Å². The van der Waals surface area contributed by atoms with E-state index in [-0.39, 0.29) is 28.5 Å². The molecule has 1 aromatic rings. The molecule has 0 aromatic heterocycles. The van der Waals surface area contributed by atoms with Crippen LogP contribution in [0.4, 0.5) is 0 Å². The lowest BCUT2D eigenvalue weighted by molar-refractivity contribution is -0.139. The van der Waals surface area contributed by atoms with E-state index in [1.54, 1.807) is 6.07 Å². The van der Waals surface area contributed by atoms with Crippen LogP contribution in [0.1, 0.15) is 19.8 Å². The molecule has 0 amide bonds. The van der Waals surface area contributed by atoms with Crippen LogP contribution >= 0.6 is 11.6 Å². The van der Waals surface area contributed by atoms with Crippen LogP contribution in [0.5, 0.6) is 5.75 Å². The highest BCUT2D eigenvalue weighted by Crippen LogP contribution is 2.30. The molecule has 1 fully saturated rings. The second-order valence-electron chi connectivity index (χ2n) is 5.70. The Kier molecular flexibility index (Phi) is 6.08. The first kappa shape index (κ1) is 19.0. The quantitative estimate of drug-likeness (QED) is 0.714. The van der Waals surface area contributed by atoms with Crippen molar-refractivity contribution >= 4 is 27.6 Å². The summed E-state index contributed by atoms with van der Waals surface area (Å²) < 4.78 is 32.6. The van der Waals surface area contributed by atoms with Crippen LogP contribution in [0.2, 0.25) is 5.02 Å². The minimum atomic E-state index is -3.76. The number of rotatable bonds is 8. The Hall–Kier alpha value is -1.35. The van der Waals surface area contributed by atoms with Crippen molar-refractivity contribution in [2.75, 3.05) is 20.2 Å². The van der Waals surface area contributed by atoms with Crippen LogP contribution in [0.3, 0.4) is 0 Å². The Bertz CT molecular complexity index is 704. The molecule has 0 aliphatic heterocycles. The molecule has 1 aromatic carbocycles. The van der Waals surface area contributed by atoms with Gasteiger partial charge in [-0.25, -0.2) is 13.1 Å². The Balaban J connectivity index is 2.01. The minimum absolute atomic E-state index is 0.0233. The molecule has 0 radical (unpaired) electrons. The Labute approximate surface area is 146 Å². The fraction of sp³-hybridized carbons (Fsp3) is 0.533. The summed E-state index contributed by atoms with van der Waals surface area (Å²) in [6.45, 7) is 2.46. The number of hydrogen-bond acceptors (Lipinski definition) is 5. The first-order chi connectivity index (χ1) is 11.3. The molecule has 1 saturated carbocycles. The highest BCUT2D eigenvalue weighted by molar-refractivity contribution is 7.89. The molecule has 1 aliphatic carbocycles. The van der Waals surface area contributed by atoms with Crippen molar-refractivity contribution in [3.8, 4) is 5.75 Å². The number of likely N-dealkylation sites (N-methyl/N-ethyl adjacent to an activating group) is 1. The molecule has 0 bridgehead atoms. The molecular weight excluding hydrogens is 356 g/mol. The van der Waals surface area contributed by atoms with E-state index in [2.05, 4.69) is 4.72 Å². The van der Waals surface area contributed by atoms with Crippen molar-refractivity contribution in [3.63, 3.8) is 0 Å². The maximum absolute atomic E-state index is 12.5. The van der Waals surface area contributed by atoms with Gasteiger partial charge in [0.05, 0.1) is 18.7 Å². The molecule has 0 saturated heterocycles. The summed E-state index contributed by atoms with van der Waals surface area (Å²) in [4.78, 5) is 12.6. The van der Waals surface area contributed by atoms with E-state index in [0.29, 0.717) is 25.1 Å². The predicted octanol–water partition coefficient (Wildman–Crippen LogP) is 1.56. The zero-order valence-electron chi connectivity index (χ0n) is 13.5. The number of benzene rings is 1. The van der Waals surface area contributed by atoms with E-state index in [1.807, 2.05) is 11.8 Å². The van der Waals surface area contributed by atoms with Crippen LogP contribution in [-0.4, -0.2) is 56.7 Å². The lowest BCUT2D eigenvalue weighted by Crippen LogP contribution is -2.54. The molecular formula is C15H21ClN2O5S. The van der Waals surface area contributed by atoms with E-state index in [0.717, 1.165) is 0 Å². The van der Waals surface area contributed by atoms with Crippen molar-refractivity contribution in [2.45, 2.75) is 36.7 Å². The van der Waals surface area contributed by atoms with Crippen molar-refractivity contribution in [1.82, 2.24) is 9.62 Å². The van der Waals surface area contributed by atoms with E-state index < -0.39 is 16.0 Å². The number of nitrogens with zero attached hydrogens (tertiary/aromatic N) is 1. The molecule has 1 aliphatic rings. The van der Waals surface area contributed by atoms with E-state index in [1.165, 1.54) is 19.2 Å². The maximum atomic E-state index is 12.5. The van der Waals surface area contributed by atoms with Gasteiger partial charge in [-0.15, -0.1) is 0 Å². The van der Waals surface area contributed by atoms with Gasteiger partial charge in [0.2, 0.25) is 10.0 Å². The third-order valence-corrected chi connectivity index (χ3v) is 6.13. The van der Waals surface area contributed by atoms with Gasteiger partial charge in [0.1, 0.15) is 10.6 Å². The highest BCUT2D eigenvalue weighted by Gasteiger charge is 2.36. The summed E-state index contributed by atoms with van der Waals surface area (Å²) in [5.74, 6) is -0.478. The standard InChI is InChI=1S/C15H21ClN2O5S/c1-3-18(9-15(19)20)11-6-10(7-11)17-24(21,22)14-8-12(23-2)4-5-13(14)16/h4-5,8,10-11,17H,3,6-7,9H2,1-2H3,(H,19,20). The number of carboxylic acids is 1. The SMILES string of the molecule is CCN(CC(=O)O)C1CC(NS(=O)(=O)c2cc(OC)ccc2Cl)C1. The first-order valence-electron chi connectivity index (χ1n) is 7.58. The van der Waals surface area contributed by atoms with Crippen molar-refractivity contribution in [3.05, 3.63) is 23.2 Å². The van der Waals surface area contributed by atoms with Crippen LogP contribution in [0.15, 0.2) is 23.1 Å². The van der Waals surface area contributed by atoms with E-state index in [4.69, 9.17) is 21.4 Å². The number of hydrogen-bond donors (Lipinski definition) is 2. The van der Waals surface area contributed by atoms with Gasteiger partial charge in [0.15, 0.2) is 0 Å². The van der Waals surface area contributed by atoms with Crippen molar-refractivity contribution in [1.29, 1.82) is 0 Å². The highest BCUT2D eigenvalue weighted by atomic mass is 35.5. The summed E-state index contributed by atoms with van der Waals surface area (Å²) in [7, 11) is -2.31. The Morgan fingerprint density at radius 1 is 1.46 bits per heavy atom. The van der Waals surface area contributed by atoms with E-state index >= 15 is 0 Å². The third-order valence-electron chi connectivity index (χ3n) is 4.12. The molecule has 0 unspecified atom stereocenters. The Morgan fingerprint density at radius 3 is 2.67 bits per heavy atom. The summed E-state index contributed by atoms with van der Waals surface area (Å²) in [6, 6.07) is 4.28. The smallest absolute Gasteiger partial charge is 0.317 e. The van der Waals surface area contributed by atoms with Crippen molar-refractivity contribution < 1.29 is 23.1 Å². The largest absolute Gasteiger partial charge is 0.497 e. The van der Waals surface area contributed by atoms with Crippen LogP contribution < -0.4 is 9.46 Å². The van der Waals surface area contributed by atoms with Gasteiger partial charge in [0, 0.05) is 18.2 Å². The van der Waals surface area contributed by atoms with Gasteiger partial charge in [-0.2, -0.15) is 0 Å². The molecule has 7 nitrogen and oxygen atoms in total. The average molecular weight is 377 g/mol. The molecule has 134 valence electrons. The fourth-order valence-corrected chi connectivity index (χ4v) is 4.53. The van der Waals surface area contributed by atoms with Crippen LogP contribution in [0, 0.1) is 0 Å². The van der Waals surface area contributed by atoms with Gasteiger partial charge in [-0.1, -0.05) is 18.5 Å². The maximum Gasteiger partial charge on any atom is 0.317 e. The lowest BCUT2D eigenvalue weighted by Gasteiger charge is -2.42. The number of ether oxygens (including phenoxy) is 1. The molecule has 2 N–H and O–H groups in total. The second kappa shape index (κ2) is 7.69. The number of nitrogens with one attached hydrogen (secondary N) is 1. The van der Waals surface area contributed by atoms with Crippen molar-refractivity contribution in [2.24, 2.45) is 0 Å². The Morgan fingerprint density at radius 2 is 2.12 bits per heavy atom. The molecule has 0 spiro atoms. The number of carboxylic acid groups (broad SMARTS) is 1. The molecule has 0 atom stereocenters. The zero-order chi connectivity index (χ0) is 17.9. The van der Waals surface area contributed by atoms with Gasteiger partial charge in [-0.3, -0.25) is 9.69 Å². The normalized spacial score (nSPS) is 20.7. The van der Waals surface area contributed by atoms with Gasteiger partial charge in [-0.05, 0) is 31.5 Å².